The largest absolute Gasteiger partial charge is 0.431 e. The van der Waals surface area contributed by atoms with Crippen LogP contribution in [-0.2, 0) is 0 Å². The van der Waals surface area contributed by atoms with Crippen molar-refractivity contribution in [3.05, 3.63) is 46.2 Å². The molecule has 0 radical (unpaired) electrons. The van der Waals surface area contributed by atoms with E-state index in [0.717, 1.165) is 0 Å². The van der Waals surface area contributed by atoms with Gasteiger partial charge in [-0.15, -0.1) is 0 Å². The van der Waals surface area contributed by atoms with Crippen LogP contribution in [0.25, 0.3) is 6.01 Å². The van der Waals surface area contributed by atoms with Gasteiger partial charge < -0.3 is 4.42 Å². The highest BCUT2D eigenvalue weighted by molar-refractivity contribution is 5.73. The SMILES string of the molecule is Cc1coc(-n2cccc(C=O)c2=O)n1. The van der Waals surface area contributed by atoms with E-state index in [0.29, 0.717) is 12.0 Å². The fourth-order valence-corrected chi connectivity index (χ4v) is 1.20. The second-order valence-corrected chi connectivity index (χ2v) is 3.03. The third-order valence-electron chi connectivity index (χ3n) is 1.92. The summed E-state index contributed by atoms with van der Waals surface area (Å²) in [5.41, 5.74) is 0.316. The first-order valence-corrected chi connectivity index (χ1v) is 4.31. The van der Waals surface area contributed by atoms with E-state index in [1.165, 1.54) is 23.1 Å². The van der Waals surface area contributed by atoms with Crippen molar-refractivity contribution >= 4 is 6.29 Å². The number of aryl methyl sites for hydroxylation is 1. The number of hydrogen-bond donors (Lipinski definition) is 0. The molecule has 0 N–H and O–H groups in total. The van der Waals surface area contributed by atoms with Gasteiger partial charge in [0.15, 0.2) is 6.29 Å². The maximum atomic E-state index is 11.6. The second kappa shape index (κ2) is 3.53. The molecule has 0 atom stereocenters. The summed E-state index contributed by atoms with van der Waals surface area (Å²) in [4.78, 5) is 26.2. The lowest BCUT2D eigenvalue weighted by Crippen LogP contribution is -2.21. The Bertz CT molecular complexity index is 554. The third-order valence-corrected chi connectivity index (χ3v) is 1.92. The van der Waals surface area contributed by atoms with Gasteiger partial charge in [0.05, 0.1) is 11.3 Å². The average Bonchev–Trinajstić information content (AvgIpc) is 2.65. The standard InChI is InChI=1S/C10H8N2O3/c1-7-6-15-10(11-7)12-4-2-3-8(5-13)9(12)14/h2-6H,1H3. The molecule has 0 amide bonds. The van der Waals surface area contributed by atoms with Crippen LogP contribution < -0.4 is 5.56 Å². The molecular formula is C10H8N2O3. The van der Waals surface area contributed by atoms with E-state index in [-0.39, 0.29) is 11.6 Å². The van der Waals surface area contributed by atoms with Crippen molar-refractivity contribution in [2.45, 2.75) is 6.92 Å². The Morgan fingerprint density at radius 2 is 2.33 bits per heavy atom. The topological polar surface area (TPSA) is 65.1 Å². The first kappa shape index (κ1) is 9.39. The van der Waals surface area contributed by atoms with Gasteiger partial charge in [0.2, 0.25) is 0 Å². The Balaban J connectivity index is 2.63. The molecule has 0 bridgehead atoms. The van der Waals surface area contributed by atoms with E-state index in [4.69, 9.17) is 4.42 Å². The van der Waals surface area contributed by atoms with Gasteiger partial charge in [0.1, 0.15) is 6.26 Å². The quantitative estimate of drug-likeness (QED) is 0.683. The number of aldehydes is 1. The highest BCUT2D eigenvalue weighted by Gasteiger charge is 2.07. The molecule has 0 unspecified atom stereocenters. The van der Waals surface area contributed by atoms with E-state index in [1.54, 1.807) is 13.0 Å². The molecule has 0 aliphatic rings. The van der Waals surface area contributed by atoms with Gasteiger partial charge in [-0.1, -0.05) is 0 Å². The minimum atomic E-state index is -0.436. The van der Waals surface area contributed by atoms with Crippen molar-refractivity contribution in [3.8, 4) is 6.01 Å². The van der Waals surface area contributed by atoms with Crippen molar-refractivity contribution in [3.63, 3.8) is 0 Å². The zero-order valence-electron chi connectivity index (χ0n) is 8.01. The molecule has 5 heteroatoms. The molecular weight excluding hydrogens is 196 g/mol. The summed E-state index contributed by atoms with van der Waals surface area (Å²) < 4.78 is 6.26. The molecule has 0 spiro atoms. The van der Waals surface area contributed by atoms with Crippen LogP contribution in [0.5, 0.6) is 0 Å². The number of carbonyl (C=O) groups excluding carboxylic acids is 1. The molecule has 0 fully saturated rings. The van der Waals surface area contributed by atoms with Gasteiger partial charge in [-0.3, -0.25) is 9.59 Å². The van der Waals surface area contributed by atoms with Gasteiger partial charge in [0.25, 0.3) is 5.56 Å². The summed E-state index contributed by atoms with van der Waals surface area (Å²) in [6.07, 6.45) is 3.45. The lowest BCUT2D eigenvalue weighted by molar-refractivity contribution is 0.112. The van der Waals surface area contributed by atoms with E-state index in [1.807, 2.05) is 0 Å². The van der Waals surface area contributed by atoms with Crippen LogP contribution in [0, 0.1) is 6.92 Å². The normalized spacial score (nSPS) is 10.2. The Labute approximate surface area is 85.0 Å². The Kier molecular flexibility index (Phi) is 2.21. The van der Waals surface area contributed by atoms with Gasteiger partial charge in [-0.2, -0.15) is 4.98 Å². The first-order valence-electron chi connectivity index (χ1n) is 4.31. The minimum Gasteiger partial charge on any atom is -0.431 e. The number of rotatable bonds is 2. The molecule has 76 valence electrons. The number of aromatic nitrogens is 2. The van der Waals surface area contributed by atoms with E-state index in [2.05, 4.69) is 4.98 Å². The van der Waals surface area contributed by atoms with Crippen molar-refractivity contribution < 1.29 is 9.21 Å². The van der Waals surface area contributed by atoms with Gasteiger partial charge in [-0.25, -0.2) is 4.57 Å². The highest BCUT2D eigenvalue weighted by Crippen LogP contribution is 2.04. The molecule has 2 aromatic heterocycles. The fourth-order valence-electron chi connectivity index (χ4n) is 1.20. The number of carbonyl (C=O) groups is 1. The number of oxazole rings is 1. The van der Waals surface area contributed by atoms with Crippen LogP contribution in [0.2, 0.25) is 0 Å². The fraction of sp³-hybridized carbons (Fsp3) is 0.100. The Hall–Kier alpha value is -2.17. The molecule has 2 aromatic rings. The minimum absolute atomic E-state index is 0.0772. The van der Waals surface area contributed by atoms with Crippen LogP contribution in [0.15, 0.2) is 33.8 Å². The van der Waals surface area contributed by atoms with Gasteiger partial charge >= 0.3 is 6.01 Å². The average molecular weight is 204 g/mol. The van der Waals surface area contributed by atoms with Crippen molar-refractivity contribution in [2.75, 3.05) is 0 Å². The predicted octanol–water partition coefficient (Wildman–Crippen LogP) is 0.946. The summed E-state index contributed by atoms with van der Waals surface area (Å²) >= 11 is 0. The molecule has 0 saturated heterocycles. The molecule has 2 heterocycles. The first-order chi connectivity index (χ1) is 7.22. The summed E-state index contributed by atoms with van der Waals surface area (Å²) in [6.45, 7) is 1.75. The lowest BCUT2D eigenvalue weighted by Gasteiger charge is -1.98. The molecule has 0 aliphatic heterocycles. The zero-order valence-corrected chi connectivity index (χ0v) is 8.01. The summed E-state index contributed by atoms with van der Waals surface area (Å²) in [6, 6.07) is 3.20. The molecule has 0 saturated carbocycles. The molecule has 2 rings (SSSR count). The van der Waals surface area contributed by atoms with Crippen LogP contribution in [0.1, 0.15) is 16.1 Å². The van der Waals surface area contributed by atoms with Gasteiger partial charge in [-0.05, 0) is 19.1 Å². The van der Waals surface area contributed by atoms with Crippen molar-refractivity contribution in [2.24, 2.45) is 0 Å². The third kappa shape index (κ3) is 1.59. The smallest absolute Gasteiger partial charge is 0.308 e. The van der Waals surface area contributed by atoms with Gasteiger partial charge in [0, 0.05) is 6.20 Å². The van der Waals surface area contributed by atoms with Crippen LogP contribution in [-0.4, -0.2) is 15.8 Å². The summed E-state index contributed by atoms with van der Waals surface area (Å²) in [7, 11) is 0. The zero-order chi connectivity index (χ0) is 10.8. The number of hydrogen-bond acceptors (Lipinski definition) is 4. The maximum Gasteiger partial charge on any atom is 0.308 e. The summed E-state index contributed by atoms with van der Waals surface area (Å²) in [5.74, 6) is 0. The van der Waals surface area contributed by atoms with Crippen LogP contribution >= 0.6 is 0 Å². The Morgan fingerprint density at radius 3 is 2.93 bits per heavy atom. The molecule has 15 heavy (non-hydrogen) atoms. The van der Waals surface area contributed by atoms with E-state index >= 15 is 0 Å². The summed E-state index contributed by atoms with van der Waals surface area (Å²) in [5, 5.41) is 0. The number of nitrogens with zero attached hydrogens (tertiary/aromatic N) is 2. The highest BCUT2D eigenvalue weighted by atomic mass is 16.4. The van der Waals surface area contributed by atoms with Crippen molar-refractivity contribution in [1.29, 1.82) is 0 Å². The second-order valence-electron chi connectivity index (χ2n) is 3.03. The maximum absolute atomic E-state index is 11.6. The Morgan fingerprint density at radius 1 is 1.53 bits per heavy atom. The monoisotopic (exact) mass is 204 g/mol. The molecule has 0 aromatic carbocycles. The lowest BCUT2D eigenvalue weighted by atomic mass is 10.3. The van der Waals surface area contributed by atoms with E-state index < -0.39 is 5.56 Å². The van der Waals surface area contributed by atoms with Crippen molar-refractivity contribution in [1.82, 2.24) is 9.55 Å². The van der Waals surface area contributed by atoms with Crippen LogP contribution in [0.4, 0.5) is 0 Å². The number of pyridine rings is 1. The van der Waals surface area contributed by atoms with E-state index in [9.17, 15) is 9.59 Å². The molecule has 0 aliphatic carbocycles. The predicted molar refractivity (Wildman–Crippen MR) is 52.2 cm³/mol. The molecule has 5 nitrogen and oxygen atoms in total. The van der Waals surface area contributed by atoms with Crippen LogP contribution in [0.3, 0.4) is 0 Å².